The van der Waals surface area contributed by atoms with Gasteiger partial charge in [0.15, 0.2) is 0 Å². The van der Waals surface area contributed by atoms with Crippen LogP contribution in [0.25, 0.3) is 0 Å². The van der Waals surface area contributed by atoms with Crippen LogP contribution in [-0.4, -0.2) is 43.7 Å². The molecule has 0 saturated carbocycles. The second-order valence-corrected chi connectivity index (χ2v) is 6.77. The molecule has 0 aliphatic carbocycles. The Morgan fingerprint density at radius 2 is 1.92 bits per heavy atom. The highest BCUT2D eigenvalue weighted by molar-refractivity contribution is 5.94. The quantitative estimate of drug-likeness (QED) is 0.853. The van der Waals surface area contributed by atoms with Gasteiger partial charge in [0.05, 0.1) is 25.4 Å². The van der Waals surface area contributed by atoms with E-state index in [2.05, 4.69) is 24.5 Å². The minimum Gasteiger partial charge on any atom is -0.497 e. The van der Waals surface area contributed by atoms with Gasteiger partial charge in [0.2, 0.25) is 5.91 Å². The van der Waals surface area contributed by atoms with Crippen LogP contribution in [0.3, 0.4) is 0 Å². The Labute approximate surface area is 149 Å². The monoisotopic (exact) mass is 348 g/mol. The number of methoxy groups -OCH3 is 1. The predicted octanol–water partition coefficient (Wildman–Crippen LogP) is 1.99. The van der Waals surface area contributed by atoms with E-state index in [0.717, 1.165) is 0 Å². The maximum Gasteiger partial charge on any atom is 0.251 e. The van der Waals surface area contributed by atoms with Crippen molar-refractivity contribution in [2.24, 2.45) is 11.8 Å². The minimum atomic E-state index is -0.154. The van der Waals surface area contributed by atoms with Crippen molar-refractivity contribution < 1.29 is 19.1 Å². The molecule has 1 saturated heterocycles. The molecule has 1 aliphatic heterocycles. The molecule has 138 valence electrons. The van der Waals surface area contributed by atoms with Gasteiger partial charge in [-0.25, -0.2) is 0 Å². The summed E-state index contributed by atoms with van der Waals surface area (Å²) in [6.45, 7) is 8.11. The van der Waals surface area contributed by atoms with E-state index in [0.29, 0.717) is 17.9 Å². The van der Waals surface area contributed by atoms with Gasteiger partial charge in [0.25, 0.3) is 5.91 Å². The van der Waals surface area contributed by atoms with Crippen LogP contribution in [0.4, 0.5) is 0 Å². The summed E-state index contributed by atoms with van der Waals surface area (Å²) < 4.78 is 11.2. The molecule has 25 heavy (non-hydrogen) atoms. The largest absolute Gasteiger partial charge is 0.497 e. The number of carbonyl (C=O) groups is 2. The molecular formula is C19H28N2O4. The number of rotatable bonds is 5. The third-order valence-electron chi connectivity index (χ3n) is 5.04. The second-order valence-electron chi connectivity index (χ2n) is 6.77. The summed E-state index contributed by atoms with van der Waals surface area (Å²) >= 11 is 0. The van der Waals surface area contributed by atoms with Crippen molar-refractivity contribution in [2.75, 3.05) is 13.7 Å². The molecule has 0 radical (unpaired) electrons. The van der Waals surface area contributed by atoms with Gasteiger partial charge in [-0.3, -0.25) is 9.59 Å². The van der Waals surface area contributed by atoms with Crippen molar-refractivity contribution in [3.05, 3.63) is 29.8 Å². The Bertz CT molecular complexity index is 619. The van der Waals surface area contributed by atoms with Gasteiger partial charge in [0, 0.05) is 19.0 Å². The molecule has 1 aromatic carbocycles. The van der Waals surface area contributed by atoms with Crippen molar-refractivity contribution in [1.29, 1.82) is 0 Å². The van der Waals surface area contributed by atoms with Gasteiger partial charge in [-0.1, -0.05) is 19.9 Å². The smallest absolute Gasteiger partial charge is 0.251 e. The number of hydrogen-bond donors (Lipinski definition) is 2. The van der Waals surface area contributed by atoms with E-state index in [9.17, 15) is 9.59 Å². The lowest BCUT2D eigenvalue weighted by Gasteiger charge is -2.44. The van der Waals surface area contributed by atoms with Crippen molar-refractivity contribution in [3.8, 4) is 5.75 Å². The van der Waals surface area contributed by atoms with E-state index in [4.69, 9.17) is 9.47 Å². The normalized spacial score (nSPS) is 28.9. The number of carbonyl (C=O) groups excluding carboxylic acids is 2. The number of nitrogens with one attached hydrogen (secondary N) is 2. The fourth-order valence-electron chi connectivity index (χ4n) is 3.35. The van der Waals surface area contributed by atoms with Crippen LogP contribution < -0.4 is 15.4 Å². The number of benzene rings is 1. The lowest BCUT2D eigenvalue weighted by Crippen LogP contribution is -2.57. The Kier molecular flexibility index (Phi) is 6.42. The van der Waals surface area contributed by atoms with E-state index in [1.807, 2.05) is 6.92 Å². The molecule has 6 nitrogen and oxygen atoms in total. The summed E-state index contributed by atoms with van der Waals surface area (Å²) in [7, 11) is 1.57. The standard InChI is InChI=1S/C19H28N2O4/c1-11-12(2)18(21-14(4)22)13(3)25-17(11)10-20-19(23)15-7-6-8-16(9-15)24-5/h6-9,11-13,17-18H,10H2,1-5H3,(H,20,23)(H,21,22). The zero-order valence-electron chi connectivity index (χ0n) is 15.5. The molecule has 2 rings (SSSR count). The van der Waals surface area contributed by atoms with Gasteiger partial charge in [-0.2, -0.15) is 0 Å². The predicted molar refractivity (Wildman–Crippen MR) is 95.6 cm³/mol. The van der Waals surface area contributed by atoms with Gasteiger partial charge < -0.3 is 20.1 Å². The molecule has 5 atom stereocenters. The average Bonchev–Trinajstić information content (AvgIpc) is 2.60. The summed E-state index contributed by atoms with van der Waals surface area (Å²) in [5, 5.41) is 5.91. The van der Waals surface area contributed by atoms with Gasteiger partial charge >= 0.3 is 0 Å². The van der Waals surface area contributed by atoms with E-state index in [-0.39, 0.29) is 41.9 Å². The summed E-state index contributed by atoms with van der Waals surface area (Å²) in [4.78, 5) is 23.7. The Hall–Kier alpha value is -2.08. The molecular weight excluding hydrogens is 320 g/mol. The van der Waals surface area contributed by atoms with E-state index in [1.54, 1.807) is 31.4 Å². The SMILES string of the molecule is COc1cccc(C(=O)NCC2OC(C)C(NC(C)=O)C(C)C2C)c1. The summed E-state index contributed by atoms with van der Waals surface area (Å²) in [6, 6.07) is 7.03. The summed E-state index contributed by atoms with van der Waals surface area (Å²) in [6.07, 6.45) is -0.196. The Morgan fingerprint density at radius 1 is 1.20 bits per heavy atom. The average molecular weight is 348 g/mol. The van der Waals surface area contributed by atoms with E-state index < -0.39 is 0 Å². The van der Waals surface area contributed by atoms with Crippen LogP contribution in [0.1, 0.15) is 38.1 Å². The van der Waals surface area contributed by atoms with Crippen LogP contribution in [0.2, 0.25) is 0 Å². The molecule has 1 fully saturated rings. The van der Waals surface area contributed by atoms with Crippen LogP contribution in [-0.2, 0) is 9.53 Å². The molecule has 0 spiro atoms. The van der Waals surface area contributed by atoms with Gasteiger partial charge in [0.1, 0.15) is 5.75 Å². The number of ether oxygens (including phenoxy) is 2. The van der Waals surface area contributed by atoms with Crippen molar-refractivity contribution >= 4 is 11.8 Å². The van der Waals surface area contributed by atoms with E-state index in [1.165, 1.54) is 6.92 Å². The third-order valence-corrected chi connectivity index (χ3v) is 5.04. The molecule has 2 amide bonds. The Morgan fingerprint density at radius 3 is 2.56 bits per heavy atom. The molecule has 2 N–H and O–H groups in total. The molecule has 1 aromatic rings. The van der Waals surface area contributed by atoms with Crippen LogP contribution in [0.15, 0.2) is 24.3 Å². The first-order valence-corrected chi connectivity index (χ1v) is 8.68. The molecule has 5 unspecified atom stereocenters. The first kappa shape index (κ1) is 19.2. The first-order chi connectivity index (χ1) is 11.8. The van der Waals surface area contributed by atoms with Crippen molar-refractivity contribution in [1.82, 2.24) is 10.6 Å². The lowest BCUT2D eigenvalue weighted by molar-refractivity contribution is -0.132. The molecule has 0 bridgehead atoms. The van der Waals surface area contributed by atoms with Gasteiger partial charge in [-0.05, 0) is 37.0 Å². The minimum absolute atomic E-state index is 0.0159. The highest BCUT2D eigenvalue weighted by atomic mass is 16.5. The fraction of sp³-hybridized carbons (Fsp3) is 0.579. The lowest BCUT2D eigenvalue weighted by atomic mass is 9.80. The summed E-state index contributed by atoms with van der Waals surface area (Å²) in [5.41, 5.74) is 0.556. The fourth-order valence-corrected chi connectivity index (χ4v) is 3.35. The zero-order valence-corrected chi connectivity index (χ0v) is 15.5. The van der Waals surface area contributed by atoms with Crippen molar-refractivity contribution in [2.45, 2.75) is 45.9 Å². The zero-order chi connectivity index (χ0) is 18.6. The van der Waals surface area contributed by atoms with Crippen LogP contribution in [0.5, 0.6) is 5.75 Å². The maximum atomic E-state index is 12.4. The summed E-state index contributed by atoms with van der Waals surface area (Å²) in [5.74, 6) is 0.906. The highest BCUT2D eigenvalue weighted by Gasteiger charge is 2.39. The molecule has 6 heteroatoms. The maximum absolute atomic E-state index is 12.4. The highest BCUT2D eigenvalue weighted by Crippen LogP contribution is 2.30. The topological polar surface area (TPSA) is 76.7 Å². The second kappa shape index (κ2) is 8.34. The Balaban J connectivity index is 1.96. The van der Waals surface area contributed by atoms with Crippen LogP contribution >= 0.6 is 0 Å². The number of hydrogen-bond acceptors (Lipinski definition) is 4. The van der Waals surface area contributed by atoms with E-state index >= 15 is 0 Å². The number of amides is 2. The first-order valence-electron chi connectivity index (χ1n) is 8.68. The van der Waals surface area contributed by atoms with Gasteiger partial charge in [-0.15, -0.1) is 0 Å². The molecule has 1 heterocycles. The third kappa shape index (κ3) is 4.72. The molecule has 1 aliphatic rings. The van der Waals surface area contributed by atoms with Crippen molar-refractivity contribution in [3.63, 3.8) is 0 Å². The molecule has 0 aromatic heterocycles. The van der Waals surface area contributed by atoms with Crippen LogP contribution in [0, 0.1) is 11.8 Å².